The maximum Gasteiger partial charge on any atom is 0.271 e. The Bertz CT molecular complexity index is 1200. The molecule has 2 bridgehead atoms. The van der Waals surface area contributed by atoms with E-state index in [1.165, 1.54) is 16.2 Å². The SMILES string of the molecule is C=CC(C)(C)OC[C@@H]1NC(=O)CNC(=O)[C@@H]2CCCN2C(=O)[C@H]([C@@H](C)CC)NC(=O)c2csc(n2)[C@H](CC(C)C)NC1=O. The molecule has 1 aromatic rings. The fraction of sp³-hybridized carbons (Fsp3) is 0.667. The number of amides is 5. The van der Waals surface area contributed by atoms with Gasteiger partial charge in [0.25, 0.3) is 5.91 Å². The first-order chi connectivity index (χ1) is 20.3. The van der Waals surface area contributed by atoms with E-state index in [-0.39, 0.29) is 36.6 Å². The fourth-order valence-electron chi connectivity index (χ4n) is 4.97. The number of hydrogen-bond acceptors (Lipinski definition) is 8. The van der Waals surface area contributed by atoms with Gasteiger partial charge in [0.1, 0.15) is 28.8 Å². The monoisotopic (exact) mass is 618 g/mol. The molecule has 0 radical (unpaired) electrons. The molecule has 13 heteroatoms. The predicted molar refractivity (Wildman–Crippen MR) is 163 cm³/mol. The van der Waals surface area contributed by atoms with Gasteiger partial charge in [0.15, 0.2) is 0 Å². The Labute approximate surface area is 257 Å². The van der Waals surface area contributed by atoms with Crippen LogP contribution >= 0.6 is 11.3 Å². The van der Waals surface area contributed by atoms with E-state index >= 15 is 0 Å². The van der Waals surface area contributed by atoms with Gasteiger partial charge in [-0.3, -0.25) is 24.0 Å². The van der Waals surface area contributed by atoms with Crippen LogP contribution in [0.4, 0.5) is 0 Å². The number of thiazole rings is 1. The average molecular weight is 619 g/mol. The number of carbonyl (C=O) groups is 5. The maximum absolute atomic E-state index is 13.7. The van der Waals surface area contributed by atoms with Gasteiger partial charge in [-0.05, 0) is 44.9 Å². The number of carbonyl (C=O) groups excluding carboxylic acids is 5. The standard InChI is InChI=1S/C30H46N6O6S/c1-8-18(5)24-29(41)36-12-10-11-22(36)27(40)31-14-23(37)32-20(15-42-30(6,7)9-2)25(38)33-19(13-17(3)4)28-34-21(16-43-28)26(39)35-24/h9,16-20,22,24H,2,8,10-15H2,1,3-7H3,(H,31,40)(H,32,37)(H,33,38)(H,35,39)/t18-,19-,20-,22-,24-/m0/s1. The number of aromatic nitrogens is 1. The van der Waals surface area contributed by atoms with Crippen LogP contribution in [0.15, 0.2) is 18.0 Å². The lowest BCUT2D eigenvalue weighted by Crippen LogP contribution is -2.57. The second-order valence-corrected chi connectivity index (χ2v) is 13.1. The summed E-state index contributed by atoms with van der Waals surface area (Å²) in [6.07, 6.45) is 3.80. The first-order valence-corrected chi connectivity index (χ1v) is 15.9. The van der Waals surface area contributed by atoms with Gasteiger partial charge in [-0.1, -0.05) is 40.2 Å². The molecule has 0 spiro atoms. The smallest absolute Gasteiger partial charge is 0.271 e. The van der Waals surface area contributed by atoms with Gasteiger partial charge >= 0.3 is 0 Å². The van der Waals surface area contributed by atoms with E-state index in [1.807, 2.05) is 27.7 Å². The minimum atomic E-state index is -1.08. The van der Waals surface area contributed by atoms with E-state index in [4.69, 9.17) is 4.74 Å². The third-order valence-electron chi connectivity index (χ3n) is 7.87. The number of ether oxygens (including phenoxy) is 1. The third kappa shape index (κ3) is 9.09. The Hall–Kier alpha value is -3.32. The normalized spacial score (nSPS) is 25.2. The summed E-state index contributed by atoms with van der Waals surface area (Å²) in [6.45, 7) is 15.0. The molecule has 1 aromatic heterocycles. The highest BCUT2D eigenvalue weighted by atomic mass is 32.1. The summed E-state index contributed by atoms with van der Waals surface area (Å²) in [5, 5.41) is 13.3. The van der Waals surface area contributed by atoms with E-state index in [2.05, 4.69) is 32.8 Å². The molecular formula is C30H46N6O6S. The molecule has 1 fully saturated rings. The topological polar surface area (TPSA) is 159 Å². The van der Waals surface area contributed by atoms with Crippen LogP contribution in [0.25, 0.3) is 0 Å². The van der Waals surface area contributed by atoms with Crippen LogP contribution in [0.1, 0.15) is 88.8 Å². The lowest BCUT2D eigenvalue weighted by molar-refractivity contribution is -0.141. The molecule has 0 aromatic carbocycles. The van der Waals surface area contributed by atoms with Gasteiger partial charge in [-0.2, -0.15) is 0 Å². The molecule has 5 amide bonds. The van der Waals surface area contributed by atoms with Crippen molar-refractivity contribution in [2.75, 3.05) is 19.7 Å². The van der Waals surface area contributed by atoms with Crippen molar-refractivity contribution < 1.29 is 28.7 Å². The second-order valence-electron chi connectivity index (χ2n) is 12.2. The number of nitrogens with zero attached hydrogens (tertiary/aromatic N) is 2. The molecule has 1 saturated heterocycles. The van der Waals surface area contributed by atoms with E-state index in [1.54, 1.807) is 25.3 Å². The van der Waals surface area contributed by atoms with Gasteiger partial charge in [-0.15, -0.1) is 17.9 Å². The van der Waals surface area contributed by atoms with Crippen LogP contribution in [-0.4, -0.2) is 82.8 Å². The number of nitrogens with one attached hydrogen (secondary N) is 4. The summed E-state index contributed by atoms with van der Waals surface area (Å²) in [5.74, 6) is -2.40. The van der Waals surface area contributed by atoms with E-state index in [0.29, 0.717) is 37.2 Å². The number of rotatable bonds is 8. The van der Waals surface area contributed by atoms with Crippen molar-refractivity contribution in [2.24, 2.45) is 11.8 Å². The first kappa shape index (κ1) is 34.2. The summed E-state index contributed by atoms with van der Waals surface area (Å²) >= 11 is 1.24. The van der Waals surface area contributed by atoms with Crippen molar-refractivity contribution in [3.05, 3.63) is 28.7 Å². The molecule has 5 atom stereocenters. The minimum Gasteiger partial charge on any atom is -0.369 e. The zero-order chi connectivity index (χ0) is 31.9. The maximum atomic E-state index is 13.7. The fourth-order valence-corrected chi connectivity index (χ4v) is 5.83. The van der Waals surface area contributed by atoms with Crippen molar-refractivity contribution in [3.63, 3.8) is 0 Å². The van der Waals surface area contributed by atoms with E-state index in [0.717, 1.165) is 0 Å². The summed E-state index contributed by atoms with van der Waals surface area (Å²) in [6, 6.07) is -3.26. The lowest BCUT2D eigenvalue weighted by atomic mass is 9.97. The second kappa shape index (κ2) is 14.9. The zero-order valence-electron chi connectivity index (χ0n) is 26.0. The highest BCUT2D eigenvalue weighted by Crippen LogP contribution is 2.26. The molecule has 12 nitrogen and oxygen atoms in total. The van der Waals surface area contributed by atoms with E-state index < -0.39 is 53.4 Å². The molecule has 0 aliphatic carbocycles. The van der Waals surface area contributed by atoms with Crippen molar-refractivity contribution in [1.82, 2.24) is 31.2 Å². The summed E-state index contributed by atoms with van der Waals surface area (Å²) < 4.78 is 5.87. The first-order valence-electron chi connectivity index (χ1n) is 15.0. The third-order valence-corrected chi connectivity index (χ3v) is 8.83. The van der Waals surface area contributed by atoms with Gasteiger partial charge in [0.2, 0.25) is 23.6 Å². The van der Waals surface area contributed by atoms with Crippen molar-refractivity contribution in [2.45, 2.75) is 97.0 Å². The molecule has 43 heavy (non-hydrogen) atoms. The van der Waals surface area contributed by atoms with Crippen LogP contribution in [0.5, 0.6) is 0 Å². The number of hydrogen-bond donors (Lipinski definition) is 4. The molecule has 2 aliphatic rings. The van der Waals surface area contributed by atoms with Crippen LogP contribution in [0.3, 0.4) is 0 Å². The number of fused-ring (bicyclic) bond motifs is 3. The summed E-state index contributed by atoms with van der Waals surface area (Å²) in [4.78, 5) is 72.9. The van der Waals surface area contributed by atoms with Crippen LogP contribution in [-0.2, 0) is 23.9 Å². The van der Waals surface area contributed by atoms with Gasteiger partial charge < -0.3 is 30.9 Å². The van der Waals surface area contributed by atoms with Crippen LogP contribution < -0.4 is 21.3 Å². The Morgan fingerprint density at radius 3 is 2.49 bits per heavy atom. The molecule has 0 unspecified atom stereocenters. The Kier molecular flexibility index (Phi) is 11.9. The van der Waals surface area contributed by atoms with E-state index in [9.17, 15) is 24.0 Å². The molecule has 4 N–H and O–H groups in total. The van der Waals surface area contributed by atoms with Crippen molar-refractivity contribution in [1.29, 1.82) is 0 Å². The molecule has 0 saturated carbocycles. The molecule has 3 rings (SSSR count). The predicted octanol–water partition coefficient (Wildman–Crippen LogP) is 2.08. The average Bonchev–Trinajstić information content (AvgIpc) is 3.65. The zero-order valence-corrected chi connectivity index (χ0v) is 26.8. The van der Waals surface area contributed by atoms with Gasteiger partial charge in [0, 0.05) is 11.9 Å². The molecule has 2 aliphatic heterocycles. The summed E-state index contributed by atoms with van der Waals surface area (Å²) in [5.41, 5.74) is -0.618. The van der Waals surface area contributed by atoms with Crippen LogP contribution in [0.2, 0.25) is 0 Å². The van der Waals surface area contributed by atoms with Gasteiger partial charge in [-0.25, -0.2) is 4.98 Å². The highest BCUT2D eigenvalue weighted by Gasteiger charge is 2.40. The molecular weight excluding hydrogens is 572 g/mol. The molecule has 3 heterocycles. The molecule has 238 valence electrons. The Morgan fingerprint density at radius 2 is 1.84 bits per heavy atom. The largest absolute Gasteiger partial charge is 0.369 e. The lowest BCUT2D eigenvalue weighted by Gasteiger charge is -2.31. The Morgan fingerprint density at radius 1 is 1.12 bits per heavy atom. The minimum absolute atomic E-state index is 0.141. The highest BCUT2D eigenvalue weighted by molar-refractivity contribution is 7.09. The van der Waals surface area contributed by atoms with Gasteiger partial charge in [0.05, 0.1) is 24.8 Å². The summed E-state index contributed by atoms with van der Waals surface area (Å²) in [7, 11) is 0. The van der Waals surface area contributed by atoms with Crippen LogP contribution in [0, 0.1) is 11.8 Å². The quantitative estimate of drug-likeness (QED) is 0.325. The van der Waals surface area contributed by atoms with Crippen molar-refractivity contribution >= 4 is 40.9 Å². The van der Waals surface area contributed by atoms with Crippen molar-refractivity contribution in [3.8, 4) is 0 Å². The Balaban J connectivity index is 1.99.